The molecule has 2 heterocycles. The molecule has 0 aliphatic carbocycles. The molecule has 6 nitrogen and oxygen atoms in total. The third-order valence-electron chi connectivity index (χ3n) is 3.64. The summed E-state index contributed by atoms with van der Waals surface area (Å²) in [6.07, 6.45) is 0. The number of aromatic nitrogens is 2. The van der Waals surface area contributed by atoms with Crippen LogP contribution in [0.4, 0.5) is 0 Å². The lowest BCUT2D eigenvalue weighted by Gasteiger charge is -2.08. The molecule has 0 aliphatic heterocycles. The fourth-order valence-electron chi connectivity index (χ4n) is 2.39. The molecule has 0 N–H and O–H groups in total. The van der Waals surface area contributed by atoms with Gasteiger partial charge in [0.1, 0.15) is 12.3 Å². The summed E-state index contributed by atoms with van der Waals surface area (Å²) in [5.74, 6) is -0.0160. The van der Waals surface area contributed by atoms with Gasteiger partial charge in [0.15, 0.2) is 0 Å². The third kappa shape index (κ3) is 3.12. The average Bonchev–Trinajstić information content (AvgIpc) is 3.05. The van der Waals surface area contributed by atoms with Crippen LogP contribution in [0.15, 0.2) is 57.7 Å². The summed E-state index contributed by atoms with van der Waals surface area (Å²) in [6, 6.07) is 14.1. The molecular weight excluding hydrogens is 308 g/mol. The third-order valence-corrected chi connectivity index (χ3v) is 3.64. The Morgan fingerprint density at radius 3 is 2.71 bits per heavy atom. The minimum atomic E-state index is -0.560. The molecule has 0 fully saturated rings. The lowest BCUT2D eigenvalue weighted by atomic mass is 10.1. The highest BCUT2D eigenvalue weighted by Gasteiger charge is 2.12. The number of furan rings is 1. The van der Waals surface area contributed by atoms with E-state index in [0.29, 0.717) is 11.5 Å². The van der Waals surface area contributed by atoms with Gasteiger partial charge in [-0.3, -0.25) is 4.79 Å². The number of methoxy groups -OCH3 is 1. The number of ether oxygens (including phenoxy) is 1. The van der Waals surface area contributed by atoms with E-state index in [1.807, 2.05) is 31.2 Å². The van der Waals surface area contributed by atoms with E-state index >= 15 is 0 Å². The van der Waals surface area contributed by atoms with Gasteiger partial charge < -0.3 is 9.15 Å². The molecular formula is C18H16N2O4. The summed E-state index contributed by atoms with van der Waals surface area (Å²) in [5, 5.41) is 4.40. The van der Waals surface area contributed by atoms with Crippen LogP contribution < -0.4 is 5.56 Å². The van der Waals surface area contributed by atoms with Crippen molar-refractivity contribution in [1.29, 1.82) is 0 Å². The van der Waals surface area contributed by atoms with E-state index in [1.165, 1.54) is 23.9 Å². The van der Waals surface area contributed by atoms with Crippen LogP contribution in [0, 0.1) is 6.92 Å². The van der Waals surface area contributed by atoms with E-state index in [1.54, 1.807) is 12.1 Å². The van der Waals surface area contributed by atoms with Crippen LogP contribution in [0.2, 0.25) is 0 Å². The molecule has 6 heteroatoms. The van der Waals surface area contributed by atoms with Crippen LogP contribution in [0.5, 0.6) is 0 Å². The smallest absolute Gasteiger partial charge is 0.373 e. The van der Waals surface area contributed by atoms with Crippen molar-refractivity contribution in [3.63, 3.8) is 0 Å². The molecule has 0 unspecified atom stereocenters. The number of hydrogen-bond donors (Lipinski definition) is 0. The molecule has 24 heavy (non-hydrogen) atoms. The number of esters is 1. The molecule has 0 radical (unpaired) electrons. The van der Waals surface area contributed by atoms with Gasteiger partial charge in [-0.25, -0.2) is 9.48 Å². The SMILES string of the molecule is COC(=O)c1ccc(Cn2nc(-c3ccccc3C)ccc2=O)o1. The predicted molar refractivity (Wildman–Crippen MR) is 87.8 cm³/mol. The highest BCUT2D eigenvalue weighted by molar-refractivity contribution is 5.86. The molecule has 1 aromatic carbocycles. The van der Waals surface area contributed by atoms with E-state index in [0.717, 1.165) is 11.1 Å². The van der Waals surface area contributed by atoms with Crippen LogP contribution in [-0.4, -0.2) is 22.9 Å². The van der Waals surface area contributed by atoms with Crippen molar-refractivity contribution < 1.29 is 13.9 Å². The summed E-state index contributed by atoms with van der Waals surface area (Å²) in [4.78, 5) is 23.5. The molecule has 0 bridgehead atoms. The van der Waals surface area contributed by atoms with Gasteiger partial charge in [-0.05, 0) is 30.7 Å². The molecule has 3 rings (SSSR count). The molecule has 0 spiro atoms. The quantitative estimate of drug-likeness (QED) is 0.690. The van der Waals surface area contributed by atoms with Gasteiger partial charge in [-0.2, -0.15) is 5.10 Å². The topological polar surface area (TPSA) is 74.3 Å². The van der Waals surface area contributed by atoms with Gasteiger partial charge in [0, 0.05) is 11.6 Å². The van der Waals surface area contributed by atoms with Crippen molar-refractivity contribution in [2.24, 2.45) is 0 Å². The van der Waals surface area contributed by atoms with Crippen LogP contribution in [-0.2, 0) is 11.3 Å². The normalized spacial score (nSPS) is 10.6. The van der Waals surface area contributed by atoms with Crippen LogP contribution in [0.25, 0.3) is 11.3 Å². The Morgan fingerprint density at radius 1 is 1.17 bits per heavy atom. The van der Waals surface area contributed by atoms with Crippen LogP contribution in [0.3, 0.4) is 0 Å². The van der Waals surface area contributed by atoms with Crippen LogP contribution in [0.1, 0.15) is 21.9 Å². The Balaban J connectivity index is 1.93. The maximum absolute atomic E-state index is 12.1. The molecule has 0 atom stereocenters. The molecule has 0 amide bonds. The van der Waals surface area contributed by atoms with Gasteiger partial charge in [0.25, 0.3) is 5.56 Å². The van der Waals surface area contributed by atoms with Gasteiger partial charge in [-0.15, -0.1) is 0 Å². The van der Waals surface area contributed by atoms with Gasteiger partial charge in [-0.1, -0.05) is 24.3 Å². The second kappa shape index (κ2) is 6.54. The number of rotatable bonds is 4. The van der Waals surface area contributed by atoms with Crippen molar-refractivity contribution in [3.8, 4) is 11.3 Å². The number of carbonyl (C=O) groups excluding carboxylic acids is 1. The minimum Gasteiger partial charge on any atom is -0.463 e. The van der Waals surface area contributed by atoms with E-state index in [4.69, 9.17) is 4.42 Å². The molecule has 0 saturated carbocycles. The first-order valence-electron chi connectivity index (χ1n) is 7.39. The van der Waals surface area contributed by atoms with Crippen molar-refractivity contribution in [2.75, 3.05) is 7.11 Å². The first kappa shape index (κ1) is 15.7. The molecule has 0 aliphatic rings. The summed E-state index contributed by atoms with van der Waals surface area (Å²) >= 11 is 0. The zero-order chi connectivity index (χ0) is 17.1. The molecule has 2 aromatic heterocycles. The summed E-state index contributed by atoms with van der Waals surface area (Å²) in [6.45, 7) is 2.12. The summed E-state index contributed by atoms with van der Waals surface area (Å²) in [5.41, 5.74) is 2.48. The summed E-state index contributed by atoms with van der Waals surface area (Å²) < 4.78 is 11.3. The van der Waals surface area contributed by atoms with Crippen molar-refractivity contribution in [3.05, 3.63) is 76.0 Å². The van der Waals surface area contributed by atoms with E-state index in [9.17, 15) is 9.59 Å². The first-order valence-corrected chi connectivity index (χ1v) is 7.39. The van der Waals surface area contributed by atoms with Crippen LogP contribution >= 0.6 is 0 Å². The number of benzene rings is 1. The minimum absolute atomic E-state index is 0.0932. The van der Waals surface area contributed by atoms with Crippen molar-refractivity contribution in [2.45, 2.75) is 13.5 Å². The Hall–Kier alpha value is -3.15. The number of carbonyl (C=O) groups is 1. The van der Waals surface area contributed by atoms with Gasteiger partial charge in [0.2, 0.25) is 5.76 Å². The zero-order valence-corrected chi connectivity index (χ0v) is 13.4. The highest BCUT2D eigenvalue weighted by Crippen LogP contribution is 2.19. The second-order valence-corrected chi connectivity index (χ2v) is 5.29. The fraction of sp³-hybridized carbons (Fsp3) is 0.167. The molecule has 122 valence electrons. The monoisotopic (exact) mass is 324 g/mol. The lowest BCUT2D eigenvalue weighted by Crippen LogP contribution is -2.22. The summed E-state index contributed by atoms with van der Waals surface area (Å²) in [7, 11) is 1.28. The van der Waals surface area contributed by atoms with E-state index in [-0.39, 0.29) is 17.9 Å². The van der Waals surface area contributed by atoms with E-state index < -0.39 is 5.97 Å². The number of hydrogen-bond acceptors (Lipinski definition) is 5. The number of aryl methyl sites for hydroxylation is 1. The molecule has 0 saturated heterocycles. The first-order chi connectivity index (χ1) is 11.6. The number of nitrogens with zero attached hydrogens (tertiary/aromatic N) is 2. The standard InChI is InChI=1S/C18H16N2O4/c1-12-5-3-4-6-14(12)15-8-10-17(21)20(19-15)11-13-7-9-16(24-13)18(22)23-2/h3-10H,11H2,1-2H3. The van der Waals surface area contributed by atoms with E-state index in [2.05, 4.69) is 9.84 Å². The Kier molecular flexibility index (Phi) is 4.29. The second-order valence-electron chi connectivity index (χ2n) is 5.29. The largest absolute Gasteiger partial charge is 0.463 e. The van der Waals surface area contributed by atoms with Crippen molar-refractivity contribution in [1.82, 2.24) is 9.78 Å². The van der Waals surface area contributed by atoms with Gasteiger partial charge >= 0.3 is 5.97 Å². The molecule has 3 aromatic rings. The average molecular weight is 324 g/mol. The van der Waals surface area contributed by atoms with Gasteiger partial charge in [0.05, 0.1) is 12.8 Å². The Morgan fingerprint density at radius 2 is 1.96 bits per heavy atom. The fourth-order valence-corrected chi connectivity index (χ4v) is 2.39. The highest BCUT2D eigenvalue weighted by atomic mass is 16.5. The maximum Gasteiger partial charge on any atom is 0.373 e. The van der Waals surface area contributed by atoms with Crippen molar-refractivity contribution >= 4 is 5.97 Å². The lowest BCUT2D eigenvalue weighted by molar-refractivity contribution is 0.0562. The zero-order valence-electron chi connectivity index (χ0n) is 13.4. The Labute approximate surface area is 138 Å². The predicted octanol–water partition coefficient (Wildman–Crippen LogP) is 2.65. The maximum atomic E-state index is 12.1. The Bertz CT molecular complexity index is 940.